The number of nitro groups is 1. The zero-order chi connectivity index (χ0) is 13.7. The van der Waals surface area contributed by atoms with Crippen molar-refractivity contribution in [1.82, 2.24) is 9.78 Å². The summed E-state index contributed by atoms with van der Waals surface area (Å²) in [5.41, 5.74) is 0.0191. The highest BCUT2D eigenvalue weighted by Crippen LogP contribution is 2.27. The predicted molar refractivity (Wildman–Crippen MR) is 65.5 cm³/mol. The molecule has 96 valence electrons. The quantitative estimate of drug-likeness (QED) is 0.601. The van der Waals surface area contributed by atoms with Crippen molar-refractivity contribution in [1.29, 1.82) is 5.26 Å². The Morgan fingerprint density at radius 3 is 3.00 bits per heavy atom. The van der Waals surface area contributed by atoms with E-state index in [0.717, 1.165) is 0 Å². The van der Waals surface area contributed by atoms with Gasteiger partial charge in [0.25, 0.3) is 0 Å². The molecule has 1 aromatic carbocycles. The molecule has 0 atom stereocenters. The number of nitriles is 1. The van der Waals surface area contributed by atoms with Crippen molar-refractivity contribution in [2.24, 2.45) is 0 Å². The van der Waals surface area contributed by atoms with E-state index in [1.165, 1.54) is 18.2 Å². The first-order valence-electron chi connectivity index (χ1n) is 5.49. The van der Waals surface area contributed by atoms with Gasteiger partial charge in [0.15, 0.2) is 5.75 Å². The van der Waals surface area contributed by atoms with Gasteiger partial charge in [0.2, 0.25) is 0 Å². The summed E-state index contributed by atoms with van der Waals surface area (Å²) >= 11 is 0. The first-order chi connectivity index (χ1) is 9.20. The van der Waals surface area contributed by atoms with Gasteiger partial charge in [-0.15, -0.1) is 0 Å². The summed E-state index contributed by atoms with van der Waals surface area (Å²) in [6, 6.07) is 7.75. The molecule has 0 amide bonds. The van der Waals surface area contributed by atoms with E-state index in [4.69, 9.17) is 10.00 Å². The van der Waals surface area contributed by atoms with Crippen molar-refractivity contribution in [2.75, 3.05) is 6.61 Å². The van der Waals surface area contributed by atoms with Crippen LogP contribution in [-0.2, 0) is 6.54 Å². The first-order valence-corrected chi connectivity index (χ1v) is 5.49. The highest BCUT2D eigenvalue weighted by atomic mass is 16.6. The summed E-state index contributed by atoms with van der Waals surface area (Å²) in [5, 5.41) is 23.6. The molecule has 2 aromatic rings. The third-order valence-electron chi connectivity index (χ3n) is 2.42. The maximum atomic E-state index is 10.9. The molecule has 0 spiro atoms. The second-order valence-corrected chi connectivity index (χ2v) is 3.67. The van der Waals surface area contributed by atoms with Crippen LogP contribution < -0.4 is 4.74 Å². The Hall–Kier alpha value is -2.88. The average Bonchev–Trinajstić information content (AvgIpc) is 2.92. The molecule has 0 saturated carbocycles. The molecule has 0 saturated heterocycles. The maximum Gasteiger partial charge on any atom is 0.312 e. The SMILES string of the molecule is N#Cc1ccc(OCCn2cccn2)c([N+](=O)[O-])c1. The van der Waals surface area contributed by atoms with E-state index < -0.39 is 4.92 Å². The topological polar surface area (TPSA) is 94.0 Å². The smallest absolute Gasteiger partial charge is 0.312 e. The maximum absolute atomic E-state index is 10.9. The van der Waals surface area contributed by atoms with E-state index in [-0.39, 0.29) is 23.6 Å². The van der Waals surface area contributed by atoms with E-state index in [2.05, 4.69) is 5.10 Å². The molecule has 0 bridgehead atoms. The fourth-order valence-corrected chi connectivity index (χ4v) is 1.53. The second kappa shape index (κ2) is 5.64. The molecular weight excluding hydrogens is 248 g/mol. The fourth-order valence-electron chi connectivity index (χ4n) is 1.53. The van der Waals surface area contributed by atoms with Crippen molar-refractivity contribution in [2.45, 2.75) is 6.54 Å². The van der Waals surface area contributed by atoms with Gasteiger partial charge in [-0.05, 0) is 18.2 Å². The number of hydrogen-bond donors (Lipinski definition) is 0. The molecule has 0 unspecified atom stereocenters. The highest BCUT2D eigenvalue weighted by Gasteiger charge is 2.15. The number of aromatic nitrogens is 2. The summed E-state index contributed by atoms with van der Waals surface area (Å²) in [4.78, 5) is 10.3. The lowest BCUT2D eigenvalue weighted by Crippen LogP contribution is -2.09. The lowest BCUT2D eigenvalue weighted by atomic mass is 10.2. The molecule has 0 aliphatic carbocycles. The third kappa shape index (κ3) is 3.07. The lowest BCUT2D eigenvalue weighted by molar-refractivity contribution is -0.385. The Morgan fingerprint density at radius 2 is 2.37 bits per heavy atom. The number of hydrogen-bond acceptors (Lipinski definition) is 5. The molecule has 7 heteroatoms. The minimum Gasteiger partial charge on any atom is -0.485 e. The summed E-state index contributed by atoms with van der Waals surface area (Å²) in [6.45, 7) is 0.749. The Balaban J connectivity index is 2.07. The Labute approximate surface area is 108 Å². The van der Waals surface area contributed by atoms with Crippen molar-refractivity contribution < 1.29 is 9.66 Å². The van der Waals surface area contributed by atoms with Crippen LogP contribution in [0.3, 0.4) is 0 Å². The summed E-state index contributed by atoms with van der Waals surface area (Å²) in [6.07, 6.45) is 3.42. The van der Waals surface area contributed by atoms with Crippen molar-refractivity contribution in [3.05, 3.63) is 52.3 Å². The molecule has 7 nitrogen and oxygen atoms in total. The van der Waals surface area contributed by atoms with Crippen LogP contribution in [0, 0.1) is 21.4 Å². The third-order valence-corrected chi connectivity index (χ3v) is 2.42. The van der Waals surface area contributed by atoms with Gasteiger partial charge < -0.3 is 4.74 Å². The van der Waals surface area contributed by atoms with E-state index in [1.54, 1.807) is 23.1 Å². The second-order valence-electron chi connectivity index (χ2n) is 3.67. The van der Waals surface area contributed by atoms with Crippen LogP contribution in [0.25, 0.3) is 0 Å². The summed E-state index contributed by atoms with van der Waals surface area (Å²) < 4.78 is 7.02. The molecule has 0 radical (unpaired) electrons. The van der Waals surface area contributed by atoms with Crippen molar-refractivity contribution in [3.63, 3.8) is 0 Å². The van der Waals surface area contributed by atoms with Gasteiger partial charge in [0.05, 0.1) is 23.1 Å². The summed E-state index contributed by atoms with van der Waals surface area (Å²) in [7, 11) is 0. The lowest BCUT2D eigenvalue weighted by Gasteiger charge is -2.07. The predicted octanol–water partition coefficient (Wildman–Crippen LogP) is 1.74. The number of ether oxygens (including phenoxy) is 1. The first kappa shape index (κ1) is 12.6. The number of nitrogens with zero attached hydrogens (tertiary/aromatic N) is 4. The number of benzene rings is 1. The molecule has 0 fully saturated rings. The fraction of sp³-hybridized carbons (Fsp3) is 0.167. The molecule has 2 rings (SSSR count). The van der Waals surface area contributed by atoms with Gasteiger partial charge in [0, 0.05) is 18.5 Å². The van der Waals surface area contributed by atoms with Gasteiger partial charge in [-0.3, -0.25) is 14.8 Å². The number of rotatable bonds is 5. The van der Waals surface area contributed by atoms with Gasteiger partial charge in [0.1, 0.15) is 6.61 Å². The molecule has 19 heavy (non-hydrogen) atoms. The standard InChI is InChI=1S/C12H10N4O3/c13-9-10-2-3-12(11(8-10)16(17)18)19-7-6-15-5-1-4-14-15/h1-5,8H,6-7H2. The van der Waals surface area contributed by atoms with Crippen LogP contribution in [0.2, 0.25) is 0 Å². The van der Waals surface area contributed by atoms with E-state index in [9.17, 15) is 10.1 Å². The molecular formula is C12H10N4O3. The van der Waals surface area contributed by atoms with Crippen LogP contribution in [-0.4, -0.2) is 21.3 Å². The van der Waals surface area contributed by atoms with Gasteiger partial charge in [-0.2, -0.15) is 10.4 Å². The molecule has 0 aliphatic heterocycles. The normalized spacial score (nSPS) is 9.84. The van der Waals surface area contributed by atoms with Gasteiger partial charge in [-0.25, -0.2) is 0 Å². The molecule has 0 aliphatic rings. The van der Waals surface area contributed by atoms with Crippen LogP contribution in [0.4, 0.5) is 5.69 Å². The zero-order valence-corrected chi connectivity index (χ0v) is 9.89. The van der Waals surface area contributed by atoms with Crippen LogP contribution in [0.1, 0.15) is 5.56 Å². The minimum atomic E-state index is -0.565. The van der Waals surface area contributed by atoms with Gasteiger partial charge >= 0.3 is 5.69 Å². The molecule has 1 heterocycles. The van der Waals surface area contributed by atoms with Gasteiger partial charge in [-0.1, -0.05) is 0 Å². The minimum absolute atomic E-state index is 0.149. The zero-order valence-electron chi connectivity index (χ0n) is 9.89. The van der Waals surface area contributed by atoms with E-state index in [1.807, 2.05) is 6.07 Å². The van der Waals surface area contributed by atoms with Crippen molar-refractivity contribution in [3.8, 4) is 11.8 Å². The Morgan fingerprint density at radius 1 is 1.53 bits per heavy atom. The van der Waals surface area contributed by atoms with E-state index >= 15 is 0 Å². The molecule has 0 N–H and O–H groups in total. The Bertz CT molecular complexity index is 616. The van der Waals surface area contributed by atoms with Crippen LogP contribution in [0.15, 0.2) is 36.7 Å². The average molecular weight is 258 g/mol. The van der Waals surface area contributed by atoms with E-state index in [0.29, 0.717) is 6.54 Å². The largest absolute Gasteiger partial charge is 0.485 e. The summed E-state index contributed by atoms with van der Waals surface area (Å²) in [5.74, 6) is 0.149. The Kier molecular flexibility index (Phi) is 3.73. The highest BCUT2D eigenvalue weighted by molar-refractivity contribution is 5.51. The van der Waals surface area contributed by atoms with Crippen LogP contribution >= 0.6 is 0 Å². The number of nitro benzene ring substituents is 1. The monoisotopic (exact) mass is 258 g/mol. The van der Waals surface area contributed by atoms with Crippen molar-refractivity contribution >= 4 is 5.69 Å². The molecule has 1 aromatic heterocycles. The van der Waals surface area contributed by atoms with Crippen LogP contribution in [0.5, 0.6) is 5.75 Å².